The molecule has 1 atom stereocenters. The monoisotopic (exact) mass is 442 g/mol. The van der Waals surface area contributed by atoms with Crippen molar-refractivity contribution in [1.82, 2.24) is 19.4 Å². The minimum Gasteiger partial charge on any atom is -0.324 e. The Kier molecular flexibility index (Phi) is 6.23. The summed E-state index contributed by atoms with van der Waals surface area (Å²) >= 11 is 0. The van der Waals surface area contributed by atoms with Crippen LogP contribution in [0.4, 0.5) is 4.39 Å². The molecule has 0 saturated carbocycles. The van der Waals surface area contributed by atoms with Crippen LogP contribution in [0.15, 0.2) is 66.9 Å². The molecular weight excluding hydrogens is 411 g/mol. The van der Waals surface area contributed by atoms with Crippen LogP contribution >= 0.6 is 0 Å². The van der Waals surface area contributed by atoms with Gasteiger partial charge in [0, 0.05) is 30.4 Å². The summed E-state index contributed by atoms with van der Waals surface area (Å²) in [5.41, 5.74) is 5.72. The Hall–Kier alpha value is -3.05. The second-order valence-corrected chi connectivity index (χ2v) is 9.45. The molecule has 2 aromatic carbocycles. The summed E-state index contributed by atoms with van der Waals surface area (Å²) in [6.45, 7) is 7.43. The molecule has 1 saturated heterocycles. The van der Waals surface area contributed by atoms with Crippen LogP contribution in [-0.2, 0) is 13.0 Å². The number of piperidine rings is 1. The zero-order valence-corrected chi connectivity index (χ0v) is 19.4. The number of aromatic nitrogens is 3. The van der Waals surface area contributed by atoms with E-state index in [-0.39, 0.29) is 5.82 Å². The number of pyridine rings is 1. The smallest absolute Gasteiger partial charge is 0.124 e. The van der Waals surface area contributed by atoms with E-state index in [4.69, 9.17) is 9.97 Å². The molecule has 1 aliphatic heterocycles. The van der Waals surface area contributed by atoms with Gasteiger partial charge in [-0.2, -0.15) is 0 Å². The van der Waals surface area contributed by atoms with Gasteiger partial charge in [-0.15, -0.1) is 0 Å². The molecule has 0 aliphatic carbocycles. The predicted molar refractivity (Wildman–Crippen MR) is 131 cm³/mol. The average Bonchev–Trinajstić information content (AvgIpc) is 3.19. The third-order valence-electron chi connectivity index (χ3n) is 6.64. The van der Waals surface area contributed by atoms with E-state index in [2.05, 4.69) is 59.7 Å². The van der Waals surface area contributed by atoms with E-state index < -0.39 is 0 Å². The SMILES string of the molecule is CC(C)n1c(CN2CCC[C@@H](c3ccc(Cc4ccc(F)cc4)cn3)C2)nc2ccccc21. The van der Waals surface area contributed by atoms with E-state index in [0.717, 1.165) is 48.5 Å². The average molecular weight is 443 g/mol. The number of halogens is 1. The van der Waals surface area contributed by atoms with Crippen molar-refractivity contribution < 1.29 is 4.39 Å². The second-order valence-electron chi connectivity index (χ2n) is 9.45. The van der Waals surface area contributed by atoms with Gasteiger partial charge in [0.2, 0.25) is 0 Å². The zero-order chi connectivity index (χ0) is 22.8. The van der Waals surface area contributed by atoms with Crippen LogP contribution in [0, 0.1) is 5.82 Å². The van der Waals surface area contributed by atoms with Crippen molar-refractivity contribution in [2.75, 3.05) is 13.1 Å². The number of hydrogen-bond donors (Lipinski definition) is 0. The molecule has 1 aliphatic rings. The molecule has 3 heterocycles. The van der Waals surface area contributed by atoms with Gasteiger partial charge in [-0.25, -0.2) is 9.37 Å². The molecular formula is C28H31FN4. The third kappa shape index (κ3) is 4.83. The van der Waals surface area contributed by atoms with Gasteiger partial charge < -0.3 is 4.57 Å². The van der Waals surface area contributed by atoms with Crippen LogP contribution in [0.25, 0.3) is 11.0 Å². The fraction of sp³-hybridized carbons (Fsp3) is 0.357. The quantitative estimate of drug-likeness (QED) is 0.361. The Morgan fingerprint density at radius 1 is 1.00 bits per heavy atom. The minimum absolute atomic E-state index is 0.196. The van der Waals surface area contributed by atoms with E-state index in [1.807, 2.05) is 18.3 Å². The van der Waals surface area contributed by atoms with E-state index in [0.29, 0.717) is 12.0 Å². The first-order valence-corrected chi connectivity index (χ1v) is 11.9. The molecule has 1 fully saturated rings. The van der Waals surface area contributed by atoms with Crippen molar-refractivity contribution in [1.29, 1.82) is 0 Å². The summed E-state index contributed by atoms with van der Waals surface area (Å²) < 4.78 is 15.5. The van der Waals surface area contributed by atoms with E-state index in [9.17, 15) is 4.39 Å². The number of fused-ring (bicyclic) bond motifs is 1. The number of para-hydroxylation sites is 2. The third-order valence-corrected chi connectivity index (χ3v) is 6.64. The summed E-state index contributed by atoms with van der Waals surface area (Å²) in [4.78, 5) is 12.3. The second kappa shape index (κ2) is 9.44. The molecule has 170 valence electrons. The number of benzene rings is 2. The molecule has 33 heavy (non-hydrogen) atoms. The summed E-state index contributed by atoms with van der Waals surface area (Å²) in [6.07, 6.45) is 5.10. The van der Waals surface area contributed by atoms with Gasteiger partial charge in [0.25, 0.3) is 0 Å². The van der Waals surface area contributed by atoms with Gasteiger partial charge >= 0.3 is 0 Å². The largest absolute Gasteiger partial charge is 0.324 e. The summed E-state index contributed by atoms with van der Waals surface area (Å²) in [6, 6.07) is 19.9. The van der Waals surface area contributed by atoms with Crippen molar-refractivity contribution >= 4 is 11.0 Å². The van der Waals surface area contributed by atoms with Crippen LogP contribution in [0.2, 0.25) is 0 Å². The van der Waals surface area contributed by atoms with Gasteiger partial charge in [0.05, 0.1) is 17.6 Å². The Balaban J connectivity index is 1.28. The van der Waals surface area contributed by atoms with Crippen molar-refractivity contribution in [3.63, 3.8) is 0 Å². The van der Waals surface area contributed by atoms with Crippen LogP contribution in [0.5, 0.6) is 0 Å². The van der Waals surface area contributed by atoms with Gasteiger partial charge in [0.15, 0.2) is 0 Å². The van der Waals surface area contributed by atoms with Gasteiger partial charge in [0.1, 0.15) is 11.6 Å². The highest BCUT2D eigenvalue weighted by molar-refractivity contribution is 5.76. The summed E-state index contributed by atoms with van der Waals surface area (Å²) in [5, 5.41) is 0. The molecule has 2 aromatic heterocycles. The maximum Gasteiger partial charge on any atom is 0.124 e. The first-order chi connectivity index (χ1) is 16.1. The van der Waals surface area contributed by atoms with Gasteiger partial charge in [-0.3, -0.25) is 9.88 Å². The minimum atomic E-state index is -0.196. The molecule has 0 spiro atoms. The topological polar surface area (TPSA) is 34.0 Å². The van der Waals surface area contributed by atoms with Gasteiger partial charge in [-0.1, -0.05) is 30.3 Å². The molecule has 5 rings (SSSR count). The lowest BCUT2D eigenvalue weighted by atomic mass is 9.93. The highest BCUT2D eigenvalue weighted by atomic mass is 19.1. The molecule has 4 nitrogen and oxygen atoms in total. The standard InChI is InChI=1S/C28H31FN4/c1-20(2)33-27-8-4-3-7-26(27)31-28(33)19-32-15-5-6-23(18-32)25-14-11-22(17-30-25)16-21-9-12-24(29)13-10-21/h3-4,7-14,17,20,23H,5-6,15-16,18-19H2,1-2H3/t23-/m1/s1. The zero-order valence-electron chi connectivity index (χ0n) is 19.4. The molecule has 5 heteroatoms. The van der Waals surface area contributed by atoms with Gasteiger partial charge in [-0.05, 0) is 81.1 Å². The van der Waals surface area contributed by atoms with Crippen molar-refractivity contribution in [2.45, 2.75) is 51.6 Å². The van der Waals surface area contributed by atoms with Crippen LogP contribution < -0.4 is 0 Å². The van der Waals surface area contributed by atoms with Crippen LogP contribution in [0.1, 0.15) is 61.3 Å². The number of imidazole rings is 1. The van der Waals surface area contributed by atoms with E-state index >= 15 is 0 Å². The highest BCUT2D eigenvalue weighted by Gasteiger charge is 2.24. The fourth-order valence-electron chi connectivity index (χ4n) is 5.04. The first kappa shape index (κ1) is 21.8. The van der Waals surface area contributed by atoms with E-state index in [1.165, 1.54) is 36.2 Å². The molecule has 0 bridgehead atoms. The molecule has 0 N–H and O–H groups in total. The number of hydrogen-bond acceptors (Lipinski definition) is 3. The number of nitrogens with zero attached hydrogens (tertiary/aromatic N) is 4. The normalized spacial score (nSPS) is 17.2. The predicted octanol–water partition coefficient (Wildman–Crippen LogP) is 6.12. The number of rotatable bonds is 6. The van der Waals surface area contributed by atoms with E-state index in [1.54, 1.807) is 0 Å². The maximum atomic E-state index is 13.1. The Bertz CT molecular complexity index is 1210. The molecule has 0 radical (unpaired) electrons. The Morgan fingerprint density at radius 2 is 1.79 bits per heavy atom. The lowest BCUT2D eigenvalue weighted by Gasteiger charge is -2.32. The Labute approximate surface area is 195 Å². The van der Waals surface area contributed by atoms with Crippen LogP contribution in [0.3, 0.4) is 0 Å². The fourth-order valence-corrected chi connectivity index (χ4v) is 5.04. The van der Waals surface area contributed by atoms with Crippen molar-refractivity contribution in [3.05, 3.63) is 95.3 Å². The maximum absolute atomic E-state index is 13.1. The lowest BCUT2D eigenvalue weighted by Crippen LogP contribution is -2.35. The first-order valence-electron chi connectivity index (χ1n) is 11.9. The van der Waals surface area contributed by atoms with Crippen molar-refractivity contribution in [3.8, 4) is 0 Å². The summed E-state index contributed by atoms with van der Waals surface area (Å²) in [5.74, 6) is 1.39. The molecule has 0 amide bonds. The molecule has 0 unspecified atom stereocenters. The number of likely N-dealkylation sites (tertiary alicyclic amines) is 1. The lowest BCUT2D eigenvalue weighted by molar-refractivity contribution is 0.191. The Morgan fingerprint density at radius 3 is 2.55 bits per heavy atom. The van der Waals surface area contributed by atoms with Crippen molar-refractivity contribution in [2.24, 2.45) is 0 Å². The summed E-state index contributed by atoms with van der Waals surface area (Å²) in [7, 11) is 0. The highest BCUT2D eigenvalue weighted by Crippen LogP contribution is 2.28. The molecule has 4 aromatic rings. The van der Waals surface area contributed by atoms with Crippen LogP contribution in [-0.4, -0.2) is 32.5 Å².